The van der Waals surface area contributed by atoms with Gasteiger partial charge in [0, 0.05) is 35.9 Å². The summed E-state index contributed by atoms with van der Waals surface area (Å²) in [6, 6.07) is 6.90. The van der Waals surface area contributed by atoms with Crippen LogP contribution in [0.4, 0.5) is 0 Å². The number of benzene rings is 1. The number of nitrogens with one attached hydrogen (secondary N) is 1. The lowest BCUT2D eigenvalue weighted by Gasteiger charge is -2.15. The molecule has 1 aromatic carbocycles. The first-order valence-corrected chi connectivity index (χ1v) is 7.95. The van der Waals surface area contributed by atoms with Gasteiger partial charge in [0.2, 0.25) is 0 Å². The molecule has 2 aromatic rings. The zero-order chi connectivity index (χ0) is 14.5. The molecule has 108 valence electrons. The first kappa shape index (κ1) is 15.3. The molecule has 2 rings (SSSR count). The summed E-state index contributed by atoms with van der Waals surface area (Å²) in [6.45, 7) is 7.37. The van der Waals surface area contributed by atoms with E-state index in [0.29, 0.717) is 6.04 Å². The van der Waals surface area contributed by atoms with E-state index in [0.717, 1.165) is 29.7 Å². The molecule has 20 heavy (non-hydrogen) atoms. The summed E-state index contributed by atoms with van der Waals surface area (Å²) in [5.74, 6) is 1.13. The molecule has 0 spiro atoms. The second-order valence-electron chi connectivity index (χ2n) is 5.27. The van der Waals surface area contributed by atoms with Crippen LogP contribution in [0.2, 0.25) is 0 Å². The molecule has 0 aliphatic rings. The van der Waals surface area contributed by atoms with E-state index < -0.39 is 0 Å². The maximum Gasteiger partial charge on any atom is 0.113 e. The molecule has 1 N–H and O–H groups in total. The Morgan fingerprint density at radius 3 is 2.85 bits per heavy atom. The van der Waals surface area contributed by atoms with Gasteiger partial charge in [0.15, 0.2) is 0 Å². The zero-order valence-corrected chi connectivity index (χ0v) is 13.9. The number of hydrogen-bond acceptors (Lipinski definition) is 2. The van der Waals surface area contributed by atoms with Gasteiger partial charge in [-0.1, -0.05) is 36.7 Å². The summed E-state index contributed by atoms with van der Waals surface area (Å²) in [4.78, 5) is 4.47. The molecule has 0 atom stereocenters. The Kier molecular flexibility index (Phi) is 5.38. The van der Waals surface area contributed by atoms with Gasteiger partial charge < -0.3 is 9.88 Å². The van der Waals surface area contributed by atoms with Crippen LogP contribution >= 0.6 is 15.9 Å². The van der Waals surface area contributed by atoms with Gasteiger partial charge in [0.05, 0.1) is 5.69 Å². The Morgan fingerprint density at radius 2 is 2.15 bits per heavy atom. The quantitative estimate of drug-likeness (QED) is 0.861. The van der Waals surface area contributed by atoms with Crippen LogP contribution in [0.5, 0.6) is 0 Å². The van der Waals surface area contributed by atoms with Crippen molar-refractivity contribution in [1.82, 2.24) is 14.9 Å². The summed E-state index contributed by atoms with van der Waals surface area (Å²) in [5, 5.41) is 3.49. The number of aryl methyl sites for hydroxylation is 1. The third-order valence-electron chi connectivity index (χ3n) is 3.19. The van der Waals surface area contributed by atoms with Crippen LogP contribution in [0, 0.1) is 0 Å². The topological polar surface area (TPSA) is 29.9 Å². The highest BCUT2D eigenvalue weighted by Gasteiger charge is 2.10. The predicted octanol–water partition coefficient (Wildman–Crippen LogP) is 4.09. The van der Waals surface area contributed by atoms with E-state index in [9.17, 15) is 0 Å². The predicted molar refractivity (Wildman–Crippen MR) is 87.2 cm³/mol. The Hall–Kier alpha value is -1.13. The van der Waals surface area contributed by atoms with Crippen molar-refractivity contribution in [3.05, 3.63) is 46.5 Å². The normalized spacial score (nSPS) is 11.2. The number of halogens is 1. The van der Waals surface area contributed by atoms with Gasteiger partial charge in [-0.05, 0) is 30.2 Å². The van der Waals surface area contributed by atoms with Gasteiger partial charge in [-0.15, -0.1) is 0 Å². The lowest BCUT2D eigenvalue weighted by atomic mass is 10.1. The molecule has 0 unspecified atom stereocenters. The molecule has 0 fully saturated rings. The van der Waals surface area contributed by atoms with E-state index >= 15 is 0 Å². The Bertz CT molecular complexity index is 561. The molecule has 3 nitrogen and oxygen atoms in total. The lowest BCUT2D eigenvalue weighted by molar-refractivity contribution is 0.587. The van der Waals surface area contributed by atoms with Crippen molar-refractivity contribution in [2.24, 2.45) is 0 Å². The summed E-state index contributed by atoms with van der Waals surface area (Å²) in [7, 11) is 0. The standard InChI is InChI=1S/C16H22BrN3/c1-4-5-16-18-8-9-20(16)15-7-6-14(17)10-13(15)11-19-12(2)3/h6-10,12,19H,4-5,11H2,1-3H3. The average Bonchev–Trinajstić information content (AvgIpc) is 2.85. The zero-order valence-electron chi connectivity index (χ0n) is 12.4. The average molecular weight is 336 g/mol. The summed E-state index contributed by atoms with van der Waals surface area (Å²) in [5.41, 5.74) is 2.49. The summed E-state index contributed by atoms with van der Waals surface area (Å²) < 4.78 is 3.31. The van der Waals surface area contributed by atoms with E-state index in [1.807, 2.05) is 12.4 Å². The highest BCUT2D eigenvalue weighted by molar-refractivity contribution is 9.10. The Morgan fingerprint density at radius 1 is 1.35 bits per heavy atom. The number of aromatic nitrogens is 2. The molecule has 0 bridgehead atoms. The van der Waals surface area contributed by atoms with E-state index in [1.165, 1.54) is 11.3 Å². The fourth-order valence-corrected chi connectivity index (χ4v) is 2.62. The molecular weight excluding hydrogens is 314 g/mol. The summed E-state index contributed by atoms with van der Waals surface area (Å²) in [6.07, 6.45) is 6.03. The van der Waals surface area contributed by atoms with Gasteiger partial charge in [0.1, 0.15) is 5.82 Å². The Labute approximate surface area is 129 Å². The van der Waals surface area contributed by atoms with Crippen molar-refractivity contribution >= 4 is 15.9 Å². The van der Waals surface area contributed by atoms with E-state index in [4.69, 9.17) is 0 Å². The molecule has 0 saturated carbocycles. The monoisotopic (exact) mass is 335 g/mol. The first-order valence-electron chi connectivity index (χ1n) is 7.16. The van der Waals surface area contributed by atoms with Gasteiger partial charge in [-0.25, -0.2) is 4.98 Å². The second kappa shape index (κ2) is 7.04. The van der Waals surface area contributed by atoms with Crippen LogP contribution in [-0.2, 0) is 13.0 Å². The van der Waals surface area contributed by atoms with Crippen LogP contribution in [-0.4, -0.2) is 15.6 Å². The fraction of sp³-hybridized carbons (Fsp3) is 0.438. The molecule has 0 aliphatic carbocycles. The van der Waals surface area contributed by atoms with Crippen molar-refractivity contribution < 1.29 is 0 Å². The second-order valence-corrected chi connectivity index (χ2v) is 6.19. The number of hydrogen-bond donors (Lipinski definition) is 1. The summed E-state index contributed by atoms with van der Waals surface area (Å²) >= 11 is 3.56. The molecule has 0 saturated heterocycles. The van der Waals surface area contributed by atoms with Gasteiger partial charge >= 0.3 is 0 Å². The van der Waals surface area contributed by atoms with Gasteiger partial charge in [-0.2, -0.15) is 0 Å². The number of imidazole rings is 1. The van der Waals surface area contributed by atoms with Crippen molar-refractivity contribution in [1.29, 1.82) is 0 Å². The molecule has 0 amide bonds. The highest BCUT2D eigenvalue weighted by atomic mass is 79.9. The minimum atomic E-state index is 0.472. The Balaban J connectivity index is 2.36. The van der Waals surface area contributed by atoms with Gasteiger partial charge in [-0.3, -0.25) is 0 Å². The minimum absolute atomic E-state index is 0.472. The van der Waals surface area contributed by atoms with Crippen LogP contribution in [0.1, 0.15) is 38.6 Å². The molecule has 4 heteroatoms. The van der Waals surface area contributed by atoms with E-state index in [2.05, 4.69) is 69.8 Å². The SMILES string of the molecule is CCCc1nccn1-c1ccc(Br)cc1CNC(C)C. The van der Waals surface area contributed by atoms with Crippen LogP contribution in [0.25, 0.3) is 5.69 Å². The minimum Gasteiger partial charge on any atom is -0.310 e. The first-order chi connectivity index (χ1) is 9.61. The van der Waals surface area contributed by atoms with Gasteiger partial charge in [0.25, 0.3) is 0 Å². The number of nitrogens with zero attached hydrogens (tertiary/aromatic N) is 2. The van der Waals surface area contributed by atoms with Crippen LogP contribution < -0.4 is 5.32 Å². The fourth-order valence-electron chi connectivity index (χ4n) is 2.21. The van der Waals surface area contributed by atoms with E-state index in [1.54, 1.807) is 0 Å². The van der Waals surface area contributed by atoms with Crippen LogP contribution in [0.3, 0.4) is 0 Å². The highest BCUT2D eigenvalue weighted by Crippen LogP contribution is 2.22. The largest absolute Gasteiger partial charge is 0.310 e. The van der Waals surface area contributed by atoms with Crippen molar-refractivity contribution in [3.8, 4) is 5.69 Å². The maximum absolute atomic E-state index is 4.47. The van der Waals surface area contributed by atoms with Crippen molar-refractivity contribution in [2.45, 2.75) is 46.2 Å². The number of rotatable bonds is 6. The molecule has 0 aliphatic heterocycles. The smallest absolute Gasteiger partial charge is 0.113 e. The maximum atomic E-state index is 4.47. The molecule has 1 heterocycles. The lowest BCUT2D eigenvalue weighted by Crippen LogP contribution is -2.22. The van der Waals surface area contributed by atoms with E-state index in [-0.39, 0.29) is 0 Å². The third-order valence-corrected chi connectivity index (χ3v) is 3.69. The van der Waals surface area contributed by atoms with Crippen LogP contribution in [0.15, 0.2) is 35.1 Å². The van der Waals surface area contributed by atoms with Crippen molar-refractivity contribution in [3.63, 3.8) is 0 Å². The molecule has 0 radical (unpaired) electrons. The third kappa shape index (κ3) is 3.70. The molecule has 1 aromatic heterocycles. The van der Waals surface area contributed by atoms with Crippen molar-refractivity contribution in [2.75, 3.05) is 0 Å². The molecular formula is C16H22BrN3.